The van der Waals surface area contributed by atoms with Gasteiger partial charge in [-0.15, -0.1) is 0 Å². The first-order valence-corrected chi connectivity index (χ1v) is 8.47. The zero-order chi connectivity index (χ0) is 18.0. The van der Waals surface area contributed by atoms with Crippen LogP contribution in [0, 0.1) is 5.92 Å². The van der Waals surface area contributed by atoms with Gasteiger partial charge < -0.3 is 5.32 Å². The lowest BCUT2D eigenvalue weighted by molar-refractivity contribution is -0.137. The number of halogens is 3. The summed E-state index contributed by atoms with van der Waals surface area (Å²) in [5.74, 6) is 0.544. The molecule has 1 N–H and O–H groups in total. The summed E-state index contributed by atoms with van der Waals surface area (Å²) in [6.07, 6.45) is 5.59. The third-order valence-corrected chi connectivity index (χ3v) is 3.55. The second kappa shape index (κ2) is 10.3. The maximum atomic E-state index is 12.6. The number of thiocarbonyl (C=S) groups is 1. The Morgan fingerprint density at radius 1 is 1.25 bits per heavy atom. The molecule has 132 valence electrons. The summed E-state index contributed by atoms with van der Waals surface area (Å²) >= 11 is 5.16. The number of benzene rings is 1. The largest absolute Gasteiger partial charge is 0.416 e. The van der Waals surface area contributed by atoms with E-state index in [1.165, 1.54) is 12.1 Å². The molecule has 5 heteroatoms. The average molecular weight is 355 g/mol. The number of aryl methyl sites for hydroxylation is 1. The van der Waals surface area contributed by atoms with Crippen LogP contribution in [0.2, 0.25) is 0 Å². The Kier molecular flexibility index (Phi) is 8.76. The Morgan fingerprint density at radius 3 is 2.67 bits per heavy atom. The van der Waals surface area contributed by atoms with E-state index < -0.39 is 11.7 Å². The molecule has 0 aliphatic carbocycles. The molecule has 1 nitrogen and oxygen atoms in total. The standard InChI is InChI=1S/C19H24F3NS/c1-15(2)14-23-18(24)12-7-5-3-4-6-9-16-10-8-11-17(13-16)19(20,21)22/h3,5,7-8,10-13,15H,4,6,9,14H2,1-2H3,(H,23,24). The summed E-state index contributed by atoms with van der Waals surface area (Å²) in [7, 11) is 0. The first-order chi connectivity index (χ1) is 11.3. The minimum atomic E-state index is -4.28. The summed E-state index contributed by atoms with van der Waals surface area (Å²) in [4.78, 5) is 0.706. The first kappa shape index (κ1) is 20.4. The van der Waals surface area contributed by atoms with E-state index in [4.69, 9.17) is 12.2 Å². The SMILES string of the molecule is CC(C)CNC(=S)C=CC=CCCCc1cccc(C(F)(F)F)c1. The minimum Gasteiger partial charge on any atom is -0.376 e. The molecule has 0 aliphatic rings. The van der Waals surface area contributed by atoms with Crippen molar-refractivity contribution in [3.63, 3.8) is 0 Å². The van der Waals surface area contributed by atoms with Crippen molar-refractivity contribution in [2.75, 3.05) is 6.54 Å². The Hall–Kier alpha value is -1.62. The molecule has 0 saturated heterocycles. The van der Waals surface area contributed by atoms with E-state index in [9.17, 15) is 13.2 Å². The molecule has 0 bridgehead atoms. The van der Waals surface area contributed by atoms with Gasteiger partial charge in [0.25, 0.3) is 0 Å². The van der Waals surface area contributed by atoms with E-state index in [2.05, 4.69) is 19.2 Å². The molecule has 1 aromatic rings. The van der Waals surface area contributed by atoms with Crippen molar-refractivity contribution in [3.8, 4) is 0 Å². The number of alkyl halides is 3. The number of rotatable bonds is 8. The molecule has 0 unspecified atom stereocenters. The van der Waals surface area contributed by atoms with Crippen molar-refractivity contribution in [2.24, 2.45) is 5.92 Å². The van der Waals surface area contributed by atoms with Gasteiger partial charge in [-0.25, -0.2) is 0 Å². The van der Waals surface area contributed by atoms with E-state index in [-0.39, 0.29) is 0 Å². The minimum absolute atomic E-state index is 0.544. The van der Waals surface area contributed by atoms with Gasteiger partial charge >= 0.3 is 6.18 Å². The summed E-state index contributed by atoms with van der Waals surface area (Å²) in [5.41, 5.74) is 0.133. The van der Waals surface area contributed by atoms with E-state index in [1.807, 2.05) is 24.3 Å². The molecular weight excluding hydrogens is 331 g/mol. The van der Waals surface area contributed by atoms with Gasteiger partial charge in [0, 0.05) is 6.54 Å². The molecule has 0 aliphatic heterocycles. The van der Waals surface area contributed by atoms with Crippen LogP contribution in [0.3, 0.4) is 0 Å². The molecule has 0 atom stereocenters. The van der Waals surface area contributed by atoms with Crippen LogP contribution < -0.4 is 5.32 Å². The van der Waals surface area contributed by atoms with Gasteiger partial charge in [0.1, 0.15) is 0 Å². The van der Waals surface area contributed by atoms with Crippen LogP contribution in [0.5, 0.6) is 0 Å². The molecule has 0 heterocycles. The highest BCUT2D eigenvalue weighted by molar-refractivity contribution is 7.80. The van der Waals surface area contributed by atoms with Crippen LogP contribution in [0.25, 0.3) is 0 Å². The number of nitrogens with one attached hydrogen (secondary N) is 1. The van der Waals surface area contributed by atoms with Crippen molar-refractivity contribution in [1.82, 2.24) is 5.32 Å². The van der Waals surface area contributed by atoms with E-state index in [1.54, 1.807) is 6.07 Å². The summed E-state index contributed by atoms with van der Waals surface area (Å²) in [6, 6.07) is 5.52. The van der Waals surface area contributed by atoms with Crippen LogP contribution in [-0.2, 0) is 12.6 Å². The van der Waals surface area contributed by atoms with Crippen molar-refractivity contribution >= 4 is 17.2 Å². The smallest absolute Gasteiger partial charge is 0.376 e. The molecule has 1 aromatic carbocycles. The number of allylic oxidation sites excluding steroid dienone is 3. The molecule has 0 saturated carbocycles. The van der Waals surface area contributed by atoms with Gasteiger partial charge in [-0.2, -0.15) is 13.2 Å². The average Bonchev–Trinajstić information content (AvgIpc) is 2.51. The lowest BCUT2D eigenvalue weighted by atomic mass is 10.0. The Labute approximate surface area is 147 Å². The second-order valence-electron chi connectivity index (χ2n) is 6.02. The van der Waals surface area contributed by atoms with E-state index >= 15 is 0 Å². The topological polar surface area (TPSA) is 12.0 Å². The summed E-state index contributed by atoms with van der Waals surface area (Å²) in [5, 5.41) is 3.14. The van der Waals surface area contributed by atoms with Gasteiger partial charge in [-0.1, -0.05) is 62.5 Å². The quantitative estimate of drug-likeness (QED) is 0.277. The molecular formula is C19H24F3NS. The fourth-order valence-corrected chi connectivity index (χ4v) is 2.17. The molecule has 0 spiro atoms. The molecule has 0 radical (unpaired) electrons. The molecule has 0 fully saturated rings. The predicted molar refractivity (Wildman–Crippen MR) is 98.1 cm³/mol. The fraction of sp³-hybridized carbons (Fsp3) is 0.421. The zero-order valence-electron chi connectivity index (χ0n) is 14.1. The van der Waals surface area contributed by atoms with Gasteiger partial charge in [0.2, 0.25) is 0 Å². The lowest BCUT2D eigenvalue weighted by Gasteiger charge is -2.08. The third-order valence-electron chi connectivity index (χ3n) is 3.27. The highest BCUT2D eigenvalue weighted by Crippen LogP contribution is 2.29. The normalized spacial score (nSPS) is 12.4. The van der Waals surface area contributed by atoms with Gasteiger partial charge in [0.05, 0.1) is 10.6 Å². The van der Waals surface area contributed by atoms with Gasteiger partial charge in [-0.05, 0) is 42.9 Å². The van der Waals surface area contributed by atoms with E-state index in [0.29, 0.717) is 22.9 Å². The molecule has 0 aromatic heterocycles. The van der Waals surface area contributed by atoms with Crippen molar-refractivity contribution < 1.29 is 13.2 Å². The maximum Gasteiger partial charge on any atom is 0.416 e. The van der Waals surface area contributed by atoms with Crippen LogP contribution in [0.1, 0.15) is 37.8 Å². The number of unbranched alkanes of at least 4 members (excludes halogenated alkanes) is 1. The van der Waals surface area contributed by atoms with Crippen LogP contribution in [-0.4, -0.2) is 11.5 Å². The predicted octanol–water partition coefficient (Wildman–Crippen LogP) is 5.71. The van der Waals surface area contributed by atoms with Crippen molar-refractivity contribution in [1.29, 1.82) is 0 Å². The van der Waals surface area contributed by atoms with Gasteiger partial charge in [0.15, 0.2) is 0 Å². The Balaban J connectivity index is 2.30. The van der Waals surface area contributed by atoms with Crippen LogP contribution in [0.4, 0.5) is 13.2 Å². The van der Waals surface area contributed by atoms with Crippen LogP contribution >= 0.6 is 12.2 Å². The fourth-order valence-electron chi connectivity index (χ4n) is 2.01. The number of hydrogen-bond donors (Lipinski definition) is 1. The monoisotopic (exact) mass is 355 g/mol. The zero-order valence-corrected chi connectivity index (χ0v) is 14.9. The second-order valence-corrected chi connectivity index (χ2v) is 6.46. The lowest BCUT2D eigenvalue weighted by Crippen LogP contribution is -2.23. The molecule has 1 rings (SSSR count). The highest BCUT2D eigenvalue weighted by Gasteiger charge is 2.30. The molecule has 24 heavy (non-hydrogen) atoms. The number of hydrogen-bond acceptors (Lipinski definition) is 1. The maximum absolute atomic E-state index is 12.6. The van der Waals surface area contributed by atoms with E-state index in [0.717, 1.165) is 25.5 Å². The highest BCUT2D eigenvalue weighted by atomic mass is 32.1. The molecule has 0 amide bonds. The van der Waals surface area contributed by atoms with Gasteiger partial charge in [-0.3, -0.25) is 0 Å². The summed E-state index contributed by atoms with van der Waals surface area (Å²) in [6.45, 7) is 5.08. The third kappa shape index (κ3) is 8.87. The first-order valence-electron chi connectivity index (χ1n) is 8.06. The van der Waals surface area contributed by atoms with Crippen molar-refractivity contribution in [3.05, 3.63) is 59.7 Å². The van der Waals surface area contributed by atoms with Crippen molar-refractivity contribution in [2.45, 2.75) is 39.3 Å². The Morgan fingerprint density at radius 2 is 2.00 bits per heavy atom. The summed E-state index contributed by atoms with van der Waals surface area (Å²) < 4.78 is 37.9. The van der Waals surface area contributed by atoms with Crippen LogP contribution in [0.15, 0.2) is 48.6 Å². The Bertz CT molecular complexity index is 574.